The minimum absolute atomic E-state index is 0.00465. The van der Waals surface area contributed by atoms with Crippen LogP contribution in [0.1, 0.15) is 39.2 Å². The van der Waals surface area contributed by atoms with Gasteiger partial charge in [0.2, 0.25) is 5.91 Å². The average molecular weight is 354 g/mol. The Balaban J connectivity index is 1.90. The number of carbonyl (C=O) groups excluding carboxylic acids is 1. The average Bonchev–Trinajstić information content (AvgIpc) is 2.39. The summed E-state index contributed by atoms with van der Waals surface area (Å²) in [4.78, 5) is 14.3. The first-order chi connectivity index (χ1) is 10.7. The molecule has 1 saturated heterocycles. The van der Waals surface area contributed by atoms with Crippen LogP contribution in [0.15, 0.2) is 18.2 Å². The minimum atomic E-state index is -0.0596. The summed E-state index contributed by atoms with van der Waals surface area (Å²) >= 11 is 11.6. The van der Waals surface area contributed by atoms with E-state index in [2.05, 4.69) is 36.3 Å². The van der Waals surface area contributed by atoms with Crippen LogP contribution in [-0.2, 0) is 4.79 Å². The van der Waals surface area contributed by atoms with Crippen LogP contribution in [0.5, 0.6) is 0 Å². The topological polar surface area (TPSA) is 44.4 Å². The molecule has 0 radical (unpaired) electrons. The molecule has 2 N–H and O–H groups in total. The van der Waals surface area contributed by atoms with Gasteiger partial charge in [-0.25, -0.2) is 0 Å². The van der Waals surface area contributed by atoms with Crippen LogP contribution in [0.2, 0.25) is 5.02 Å². The fourth-order valence-electron chi connectivity index (χ4n) is 2.94. The van der Waals surface area contributed by atoms with Gasteiger partial charge in [-0.3, -0.25) is 4.79 Å². The molecule has 23 heavy (non-hydrogen) atoms. The Kier molecular flexibility index (Phi) is 5.53. The van der Waals surface area contributed by atoms with Crippen molar-refractivity contribution in [3.8, 4) is 0 Å². The highest BCUT2D eigenvalue weighted by atomic mass is 35.5. The molecule has 1 aromatic rings. The van der Waals surface area contributed by atoms with E-state index in [9.17, 15) is 4.79 Å². The molecule has 0 bridgehead atoms. The highest BCUT2D eigenvalue weighted by Crippen LogP contribution is 2.24. The van der Waals surface area contributed by atoms with E-state index in [1.54, 1.807) is 0 Å². The number of hydrogen-bond acceptors (Lipinski definition) is 2. The second-order valence-electron chi connectivity index (χ2n) is 6.84. The second kappa shape index (κ2) is 7.05. The smallest absolute Gasteiger partial charge is 0.226 e. The summed E-state index contributed by atoms with van der Waals surface area (Å²) in [5.41, 5.74) is 1.72. The maximum absolute atomic E-state index is 12.2. The van der Waals surface area contributed by atoms with Gasteiger partial charge in [0.05, 0.1) is 10.7 Å². The minimum Gasteiger partial charge on any atom is -0.358 e. The first kappa shape index (κ1) is 18.0. The molecule has 1 heterocycles. The Morgan fingerprint density at radius 2 is 2.22 bits per heavy atom. The van der Waals surface area contributed by atoms with Crippen molar-refractivity contribution in [2.75, 3.05) is 11.9 Å². The Bertz CT molecular complexity index is 618. The third kappa shape index (κ3) is 4.82. The summed E-state index contributed by atoms with van der Waals surface area (Å²) < 4.78 is 0. The molecule has 1 aromatic carbocycles. The molecule has 1 aliphatic rings. The van der Waals surface area contributed by atoms with Gasteiger partial charge in [-0.1, -0.05) is 17.7 Å². The largest absolute Gasteiger partial charge is 0.358 e. The molecule has 0 aromatic heterocycles. The Morgan fingerprint density at radius 1 is 1.52 bits per heavy atom. The lowest BCUT2D eigenvalue weighted by atomic mass is 9.93. The number of carbonyl (C=O) groups is 1. The number of halogens is 1. The number of thiocarbonyl (C=S) groups is 1. The van der Waals surface area contributed by atoms with E-state index in [4.69, 9.17) is 23.8 Å². The first-order valence-electron chi connectivity index (χ1n) is 7.83. The van der Waals surface area contributed by atoms with E-state index < -0.39 is 0 Å². The van der Waals surface area contributed by atoms with Crippen molar-refractivity contribution in [3.05, 3.63) is 28.8 Å². The predicted molar refractivity (Wildman–Crippen MR) is 100 cm³/mol. The molecule has 0 spiro atoms. The number of amides is 1. The van der Waals surface area contributed by atoms with E-state index in [1.807, 2.05) is 25.1 Å². The van der Waals surface area contributed by atoms with Gasteiger partial charge in [0.25, 0.3) is 0 Å². The highest BCUT2D eigenvalue weighted by Gasteiger charge is 2.32. The first-order valence-corrected chi connectivity index (χ1v) is 8.61. The van der Waals surface area contributed by atoms with Crippen LogP contribution in [0.4, 0.5) is 5.69 Å². The van der Waals surface area contributed by atoms with Gasteiger partial charge in [-0.2, -0.15) is 0 Å². The number of benzene rings is 1. The standard InChI is InChI=1S/C17H24ClN3OS/c1-11-5-6-14(13(18)9-11)19-15(22)7-8-21-12(2)10-17(3,4)20-16(21)23/h5-6,9,12H,7-8,10H2,1-4H3,(H,19,22)(H,20,23). The van der Waals surface area contributed by atoms with Crippen molar-refractivity contribution >= 4 is 40.5 Å². The van der Waals surface area contributed by atoms with Gasteiger partial charge in [-0.15, -0.1) is 0 Å². The van der Waals surface area contributed by atoms with Crippen LogP contribution < -0.4 is 10.6 Å². The molecule has 1 fully saturated rings. The lowest BCUT2D eigenvalue weighted by molar-refractivity contribution is -0.116. The molecule has 4 nitrogen and oxygen atoms in total. The van der Waals surface area contributed by atoms with E-state index in [-0.39, 0.29) is 11.4 Å². The third-order valence-corrected chi connectivity index (χ3v) is 4.67. The van der Waals surface area contributed by atoms with E-state index in [0.717, 1.165) is 17.1 Å². The predicted octanol–water partition coefficient (Wildman–Crippen LogP) is 3.72. The molecule has 1 amide bonds. The van der Waals surface area contributed by atoms with Crippen molar-refractivity contribution in [3.63, 3.8) is 0 Å². The number of rotatable bonds is 4. The lowest BCUT2D eigenvalue weighted by Gasteiger charge is -2.44. The van der Waals surface area contributed by atoms with Crippen molar-refractivity contribution in [1.82, 2.24) is 10.2 Å². The molecule has 0 saturated carbocycles. The zero-order valence-electron chi connectivity index (χ0n) is 14.1. The number of nitrogens with one attached hydrogen (secondary N) is 2. The van der Waals surface area contributed by atoms with Gasteiger partial charge >= 0.3 is 0 Å². The van der Waals surface area contributed by atoms with Gasteiger partial charge in [0.1, 0.15) is 0 Å². The quantitative estimate of drug-likeness (QED) is 0.810. The third-order valence-electron chi connectivity index (χ3n) is 4.02. The fraction of sp³-hybridized carbons (Fsp3) is 0.529. The van der Waals surface area contributed by atoms with Crippen molar-refractivity contribution in [1.29, 1.82) is 0 Å². The second-order valence-corrected chi connectivity index (χ2v) is 7.64. The van der Waals surface area contributed by atoms with Crippen molar-refractivity contribution in [2.45, 2.75) is 52.1 Å². The van der Waals surface area contributed by atoms with Crippen LogP contribution in [-0.4, -0.2) is 34.0 Å². The van der Waals surface area contributed by atoms with Crippen LogP contribution >= 0.6 is 23.8 Å². The summed E-state index contributed by atoms with van der Waals surface area (Å²) in [6.07, 6.45) is 1.36. The maximum atomic E-state index is 12.2. The number of hydrogen-bond donors (Lipinski definition) is 2. The van der Waals surface area contributed by atoms with Gasteiger partial charge in [-0.05, 0) is 64.0 Å². The van der Waals surface area contributed by atoms with Crippen molar-refractivity contribution < 1.29 is 4.79 Å². The SMILES string of the molecule is Cc1ccc(NC(=O)CCN2C(=S)NC(C)(C)CC2C)c(Cl)c1. The van der Waals surface area contributed by atoms with Gasteiger partial charge in [0, 0.05) is 24.5 Å². The summed E-state index contributed by atoms with van der Waals surface area (Å²) in [5.74, 6) is -0.0596. The van der Waals surface area contributed by atoms with Crippen molar-refractivity contribution in [2.24, 2.45) is 0 Å². The lowest BCUT2D eigenvalue weighted by Crippen LogP contribution is -2.60. The summed E-state index contributed by atoms with van der Waals surface area (Å²) in [7, 11) is 0. The normalized spacial score (nSPS) is 20.1. The van der Waals surface area contributed by atoms with E-state index in [1.165, 1.54) is 0 Å². The molecule has 6 heteroatoms. The monoisotopic (exact) mass is 353 g/mol. The molecule has 1 atom stereocenters. The van der Waals surface area contributed by atoms with E-state index >= 15 is 0 Å². The zero-order chi connectivity index (χ0) is 17.2. The number of anilines is 1. The molecule has 1 unspecified atom stereocenters. The van der Waals surface area contributed by atoms with Gasteiger partial charge in [0.15, 0.2) is 5.11 Å². The molecule has 126 valence electrons. The van der Waals surface area contributed by atoms with E-state index in [0.29, 0.717) is 29.7 Å². The van der Waals surface area contributed by atoms with Gasteiger partial charge < -0.3 is 15.5 Å². The summed E-state index contributed by atoms with van der Waals surface area (Å²) in [6.45, 7) is 8.98. The molecule has 1 aliphatic heterocycles. The maximum Gasteiger partial charge on any atom is 0.226 e. The number of nitrogens with zero attached hydrogens (tertiary/aromatic N) is 1. The van der Waals surface area contributed by atoms with Crippen LogP contribution in [0.25, 0.3) is 0 Å². The zero-order valence-corrected chi connectivity index (χ0v) is 15.6. The molecule has 0 aliphatic carbocycles. The van der Waals surface area contributed by atoms with Crippen LogP contribution in [0, 0.1) is 6.92 Å². The molecule has 2 rings (SSSR count). The molecular formula is C17H24ClN3OS. The number of aryl methyl sites for hydroxylation is 1. The summed E-state index contributed by atoms with van der Waals surface area (Å²) in [5, 5.41) is 7.47. The highest BCUT2D eigenvalue weighted by molar-refractivity contribution is 7.80. The Morgan fingerprint density at radius 3 is 2.83 bits per heavy atom. The molecular weight excluding hydrogens is 330 g/mol. The fourth-order valence-corrected chi connectivity index (χ4v) is 3.77. The van der Waals surface area contributed by atoms with Crippen LogP contribution in [0.3, 0.4) is 0 Å². The Labute approximate surface area is 148 Å². The summed E-state index contributed by atoms with van der Waals surface area (Å²) in [6, 6.07) is 5.91. The Hall–Kier alpha value is -1.33.